The molecular formula is C20H16N2O6S. The Morgan fingerprint density at radius 3 is 2.79 bits per heavy atom. The molecule has 0 unspecified atom stereocenters. The molecule has 0 spiro atoms. The molecule has 0 aliphatic heterocycles. The van der Waals surface area contributed by atoms with Gasteiger partial charge in [-0.1, -0.05) is 12.1 Å². The van der Waals surface area contributed by atoms with E-state index in [9.17, 15) is 14.4 Å². The van der Waals surface area contributed by atoms with Crippen molar-refractivity contribution in [2.24, 2.45) is 0 Å². The van der Waals surface area contributed by atoms with Gasteiger partial charge in [-0.2, -0.15) is 0 Å². The topological polar surface area (TPSA) is 104 Å². The Hall–Kier alpha value is -3.59. The van der Waals surface area contributed by atoms with Gasteiger partial charge in [0.15, 0.2) is 11.3 Å². The number of aryl methyl sites for hydroxylation is 1. The van der Waals surface area contributed by atoms with E-state index in [1.807, 2.05) is 6.07 Å². The largest absolute Gasteiger partial charge is 0.461 e. The summed E-state index contributed by atoms with van der Waals surface area (Å²) >= 11 is 1.11. The quantitative estimate of drug-likeness (QED) is 0.366. The summed E-state index contributed by atoms with van der Waals surface area (Å²) in [6, 6.07) is 13.5. The number of aromatic nitrogens is 1. The van der Waals surface area contributed by atoms with Crippen LogP contribution in [0.25, 0.3) is 11.1 Å². The van der Waals surface area contributed by atoms with Gasteiger partial charge in [-0.05, 0) is 42.8 Å². The minimum Gasteiger partial charge on any atom is -0.461 e. The average Bonchev–Trinajstić information content (AvgIpc) is 3.45. The summed E-state index contributed by atoms with van der Waals surface area (Å²) in [5.41, 5.74) is 1.23. The molecule has 3 aromatic heterocycles. The van der Waals surface area contributed by atoms with Gasteiger partial charge in [0.25, 0.3) is 5.91 Å². The van der Waals surface area contributed by atoms with Crippen molar-refractivity contribution in [2.45, 2.75) is 13.0 Å². The number of ether oxygens (including phenoxy) is 1. The van der Waals surface area contributed by atoms with Crippen LogP contribution in [0.2, 0.25) is 0 Å². The summed E-state index contributed by atoms with van der Waals surface area (Å²) in [5, 5.41) is 3.17. The van der Waals surface area contributed by atoms with E-state index in [2.05, 4.69) is 5.32 Å². The van der Waals surface area contributed by atoms with E-state index in [1.165, 1.54) is 10.8 Å². The molecule has 4 aromatic rings. The zero-order valence-corrected chi connectivity index (χ0v) is 15.9. The number of fused-ring (bicyclic) bond motifs is 1. The van der Waals surface area contributed by atoms with Crippen molar-refractivity contribution >= 4 is 39.3 Å². The van der Waals surface area contributed by atoms with E-state index in [-0.39, 0.29) is 12.4 Å². The average molecular weight is 412 g/mol. The second-order valence-electron chi connectivity index (χ2n) is 6.07. The highest BCUT2D eigenvalue weighted by Crippen LogP contribution is 2.23. The van der Waals surface area contributed by atoms with Gasteiger partial charge in [0, 0.05) is 6.54 Å². The Labute approximate surface area is 168 Å². The summed E-state index contributed by atoms with van der Waals surface area (Å²) in [6.45, 7) is 0.523. The van der Waals surface area contributed by atoms with Crippen LogP contribution >= 0.6 is 11.3 Å². The van der Waals surface area contributed by atoms with Gasteiger partial charge in [0.1, 0.15) is 4.88 Å². The van der Waals surface area contributed by atoms with Crippen molar-refractivity contribution < 1.29 is 23.2 Å². The lowest BCUT2D eigenvalue weighted by Gasteiger charge is -2.04. The fraction of sp³-hybridized carbons (Fsp3) is 0.150. The molecule has 148 valence electrons. The number of hydrogen-bond donors (Lipinski definition) is 1. The van der Waals surface area contributed by atoms with E-state index in [0.717, 1.165) is 11.3 Å². The fourth-order valence-electron chi connectivity index (χ4n) is 2.78. The van der Waals surface area contributed by atoms with Crippen molar-refractivity contribution in [2.75, 3.05) is 11.9 Å². The molecule has 29 heavy (non-hydrogen) atoms. The number of furan rings is 1. The number of carbonyl (C=O) groups is 2. The minimum absolute atomic E-state index is 0.150. The molecule has 0 bridgehead atoms. The molecule has 3 heterocycles. The molecule has 0 fully saturated rings. The van der Waals surface area contributed by atoms with Crippen LogP contribution in [0.15, 0.2) is 68.4 Å². The molecule has 0 saturated heterocycles. The first-order valence-corrected chi connectivity index (χ1v) is 9.63. The molecule has 9 heteroatoms. The predicted molar refractivity (Wildman–Crippen MR) is 106 cm³/mol. The van der Waals surface area contributed by atoms with Gasteiger partial charge in [-0.3, -0.25) is 9.36 Å². The third-order valence-electron chi connectivity index (χ3n) is 4.12. The van der Waals surface area contributed by atoms with Crippen molar-refractivity contribution in [3.8, 4) is 0 Å². The number of thiophene rings is 1. The first-order valence-electron chi connectivity index (χ1n) is 8.82. The number of rotatable bonds is 7. The van der Waals surface area contributed by atoms with Crippen molar-refractivity contribution in [1.82, 2.24) is 4.57 Å². The Bertz CT molecular complexity index is 1200. The summed E-state index contributed by atoms with van der Waals surface area (Å²) < 4.78 is 17.0. The summed E-state index contributed by atoms with van der Waals surface area (Å²) in [7, 11) is 0. The maximum absolute atomic E-state index is 12.2. The second-order valence-corrected chi connectivity index (χ2v) is 7.16. The summed E-state index contributed by atoms with van der Waals surface area (Å²) in [5.74, 6) is -1.13. The number of nitrogens with one attached hydrogen (secondary N) is 1. The molecule has 8 nitrogen and oxygen atoms in total. The Morgan fingerprint density at radius 2 is 1.97 bits per heavy atom. The summed E-state index contributed by atoms with van der Waals surface area (Å²) in [4.78, 5) is 36.4. The number of carbonyl (C=O) groups excluding carboxylic acids is 2. The van der Waals surface area contributed by atoms with Crippen LogP contribution in [-0.4, -0.2) is 23.1 Å². The first-order chi connectivity index (χ1) is 14.1. The molecule has 4 rings (SSSR count). The van der Waals surface area contributed by atoms with E-state index < -0.39 is 17.6 Å². The lowest BCUT2D eigenvalue weighted by Crippen LogP contribution is -2.16. The van der Waals surface area contributed by atoms with Crippen LogP contribution in [0.5, 0.6) is 0 Å². The molecule has 0 aliphatic carbocycles. The highest BCUT2D eigenvalue weighted by Gasteiger charge is 2.14. The molecule has 0 saturated carbocycles. The van der Waals surface area contributed by atoms with E-state index in [0.29, 0.717) is 33.9 Å². The van der Waals surface area contributed by atoms with E-state index >= 15 is 0 Å². The summed E-state index contributed by atoms with van der Waals surface area (Å²) in [6.07, 6.45) is 1.87. The van der Waals surface area contributed by atoms with Gasteiger partial charge >= 0.3 is 11.7 Å². The third kappa shape index (κ3) is 4.14. The Kier molecular flexibility index (Phi) is 5.30. The SMILES string of the molecule is O=C(Nc1ccc(C(=O)OCCCn2c(=O)oc3ccccc32)s1)c1ccco1. The van der Waals surface area contributed by atoms with Gasteiger partial charge in [0.05, 0.1) is 23.4 Å². The van der Waals surface area contributed by atoms with Crippen molar-refractivity contribution in [3.05, 3.63) is 76.0 Å². The van der Waals surface area contributed by atoms with Crippen LogP contribution < -0.4 is 11.1 Å². The first kappa shape index (κ1) is 18.8. The molecule has 0 atom stereocenters. The lowest BCUT2D eigenvalue weighted by atomic mass is 10.3. The zero-order chi connectivity index (χ0) is 20.2. The Morgan fingerprint density at radius 1 is 1.10 bits per heavy atom. The van der Waals surface area contributed by atoms with E-state index in [4.69, 9.17) is 13.6 Å². The zero-order valence-electron chi connectivity index (χ0n) is 15.1. The highest BCUT2D eigenvalue weighted by atomic mass is 32.1. The smallest absolute Gasteiger partial charge is 0.419 e. The Balaban J connectivity index is 1.29. The second kappa shape index (κ2) is 8.19. The normalized spacial score (nSPS) is 10.9. The van der Waals surface area contributed by atoms with E-state index in [1.54, 1.807) is 42.5 Å². The maximum atomic E-state index is 12.2. The van der Waals surface area contributed by atoms with Crippen LogP contribution in [0.3, 0.4) is 0 Å². The molecule has 0 radical (unpaired) electrons. The van der Waals surface area contributed by atoms with Crippen LogP contribution in [0.1, 0.15) is 26.6 Å². The number of anilines is 1. The molecule has 1 N–H and O–H groups in total. The van der Waals surface area contributed by atoms with Gasteiger partial charge in [0.2, 0.25) is 0 Å². The molecule has 1 aromatic carbocycles. The molecule has 1 amide bonds. The number of amides is 1. The van der Waals surface area contributed by atoms with Crippen LogP contribution in [-0.2, 0) is 11.3 Å². The third-order valence-corrected chi connectivity index (χ3v) is 5.10. The highest BCUT2D eigenvalue weighted by molar-refractivity contribution is 7.18. The number of para-hydroxylation sites is 2. The molecular weight excluding hydrogens is 396 g/mol. The van der Waals surface area contributed by atoms with Crippen molar-refractivity contribution in [3.63, 3.8) is 0 Å². The van der Waals surface area contributed by atoms with Crippen LogP contribution in [0, 0.1) is 0 Å². The van der Waals surface area contributed by atoms with Crippen LogP contribution in [0.4, 0.5) is 5.00 Å². The number of oxazole rings is 1. The number of benzene rings is 1. The number of hydrogen-bond acceptors (Lipinski definition) is 7. The molecule has 0 aliphatic rings. The van der Waals surface area contributed by atoms with Gasteiger partial charge < -0.3 is 18.9 Å². The lowest BCUT2D eigenvalue weighted by molar-refractivity contribution is 0.0501. The fourth-order valence-corrected chi connectivity index (χ4v) is 3.58. The van der Waals surface area contributed by atoms with Crippen molar-refractivity contribution in [1.29, 1.82) is 0 Å². The number of nitrogens with zero attached hydrogens (tertiary/aromatic N) is 1. The predicted octanol–water partition coefficient (Wildman–Crippen LogP) is 3.75. The standard InChI is InChI=1S/C20H16N2O6S/c23-18(15-7-3-11-26-15)21-17-9-8-16(29-17)19(24)27-12-4-10-22-13-5-1-2-6-14(13)28-20(22)25/h1-3,5-9,11H,4,10,12H2,(H,21,23). The minimum atomic E-state index is -0.488. The maximum Gasteiger partial charge on any atom is 0.419 e. The number of esters is 1. The van der Waals surface area contributed by atoms with Gasteiger partial charge in [-0.15, -0.1) is 11.3 Å². The van der Waals surface area contributed by atoms with Gasteiger partial charge in [-0.25, -0.2) is 9.59 Å². The monoisotopic (exact) mass is 412 g/mol.